The minimum atomic E-state index is -4.10. The Balaban J connectivity index is 1.09. The van der Waals surface area contributed by atoms with E-state index in [-0.39, 0.29) is 17.3 Å². The Morgan fingerprint density at radius 2 is 1.68 bits per heavy atom. The molecule has 0 amide bonds. The smallest absolute Gasteiger partial charge is 0.390 e. The normalized spacial score (nSPS) is 37.5. The molecule has 5 nitrogen and oxygen atoms in total. The minimum absolute atomic E-state index is 0.0729. The van der Waals surface area contributed by atoms with Crippen molar-refractivity contribution in [2.75, 3.05) is 19.6 Å². The van der Waals surface area contributed by atoms with Crippen LogP contribution in [0.4, 0.5) is 13.2 Å². The van der Waals surface area contributed by atoms with Gasteiger partial charge < -0.3 is 19.5 Å². The van der Waals surface area contributed by atoms with Crippen LogP contribution in [0.2, 0.25) is 0 Å². The van der Waals surface area contributed by atoms with Crippen molar-refractivity contribution in [1.82, 2.24) is 10.2 Å². The number of amidine groups is 1. The van der Waals surface area contributed by atoms with E-state index in [1.54, 1.807) is 0 Å². The minimum Gasteiger partial charge on any atom is -0.590 e. The zero-order valence-corrected chi connectivity index (χ0v) is 22.5. The summed E-state index contributed by atoms with van der Waals surface area (Å²) in [7, 11) is 0. The molecule has 204 valence electrons. The van der Waals surface area contributed by atoms with Crippen molar-refractivity contribution < 1.29 is 22.5 Å². The molecule has 0 spiro atoms. The summed E-state index contributed by atoms with van der Waals surface area (Å²) in [6, 6.07) is 8.68. The van der Waals surface area contributed by atoms with Crippen LogP contribution in [-0.2, 0) is 16.1 Å². The first-order valence-electron chi connectivity index (χ1n) is 13.9. The molecule has 1 N–H and O–H groups in total. The molecule has 1 aromatic rings. The van der Waals surface area contributed by atoms with Crippen molar-refractivity contribution in [2.24, 2.45) is 22.2 Å². The standard InChI is InChI=1S/C28H38F3N3O2S/c1-26(2)24(37(35)33-25(36-26)32-27-16-18-13-19(17-27)15-23(27)14-18)22-5-3-20(4-6-22)21-7-10-34(11-8-21)12-9-28(29,30)31/h3-6,18-19,21,23-24H,7-17H2,1-2H3,(H,32,33)/t18?,19?,23?,24-,27?,37?/m0/s1. The van der Waals surface area contributed by atoms with Crippen molar-refractivity contribution in [1.29, 1.82) is 0 Å². The lowest BCUT2D eigenvalue weighted by Crippen LogP contribution is -2.55. The number of hydrogen-bond donors (Lipinski definition) is 1. The highest BCUT2D eigenvalue weighted by Crippen LogP contribution is 2.60. The molecular weight excluding hydrogens is 499 g/mol. The summed E-state index contributed by atoms with van der Waals surface area (Å²) >= 11 is -1.46. The molecule has 4 bridgehead atoms. The maximum Gasteiger partial charge on any atom is 0.390 e. The molecule has 1 aromatic carbocycles. The number of benzene rings is 1. The fraction of sp³-hybridized carbons (Fsp3) is 0.750. The van der Waals surface area contributed by atoms with Gasteiger partial charge in [-0.3, -0.25) is 0 Å². The molecule has 7 rings (SSSR count). The van der Waals surface area contributed by atoms with Crippen LogP contribution in [0, 0.1) is 17.8 Å². The van der Waals surface area contributed by atoms with E-state index in [1.165, 1.54) is 37.7 Å². The van der Waals surface area contributed by atoms with Gasteiger partial charge in [0.25, 0.3) is 0 Å². The Labute approximate surface area is 220 Å². The van der Waals surface area contributed by atoms with Crippen LogP contribution in [0.25, 0.3) is 0 Å². The summed E-state index contributed by atoms with van der Waals surface area (Å²) in [5.41, 5.74) is 1.53. The number of likely N-dealkylation sites (tertiary alicyclic amines) is 1. The third-order valence-electron chi connectivity index (χ3n) is 9.72. The van der Waals surface area contributed by atoms with Crippen LogP contribution in [0.1, 0.15) is 87.5 Å². The van der Waals surface area contributed by atoms with E-state index >= 15 is 0 Å². The second-order valence-corrected chi connectivity index (χ2v) is 13.9. The van der Waals surface area contributed by atoms with Crippen LogP contribution in [0.5, 0.6) is 0 Å². The van der Waals surface area contributed by atoms with Crippen LogP contribution >= 0.6 is 0 Å². The predicted molar refractivity (Wildman–Crippen MR) is 138 cm³/mol. The summed E-state index contributed by atoms with van der Waals surface area (Å²) in [5.74, 6) is 2.64. The molecule has 1 saturated heterocycles. The first kappa shape index (κ1) is 25.8. The van der Waals surface area contributed by atoms with Gasteiger partial charge in [-0.15, -0.1) is 0 Å². The molecule has 4 atom stereocenters. The predicted octanol–water partition coefficient (Wildman–Crippen LogP) is 5.86. The van der Waals surface area contributed by atoms with Gasteiger partial charge in [0, 0.05) is 17.6 Å². The monoisotopic (exact) mass is 537 g/mol. The third kappa shape index (κ3) is 5.12. The highest BCUT2D eigenvalue weighted by molar-refractivity contribution is 7.90. The van der Waals surface area contributed by atoms with Gasteiger partial charge in [-0.2, -0.15) is 13.2 Å². The Morgan fingerprint density at radius 1 is 1.05 bits per heavy atom. The Bertz CT molecular complexity index is 1010. The number of alkyl halides is 3. The van der Waals surface area contributed by atoms with Gasteiger partial charge in [-0.25, -0.2) is 0 Å². The fourth-order valence-electron chi connectivity index (χ4n) is 8.20. The van der Waals surface area contributed by atoms with Gasteiger partial charge in [0.15, 0.2) is 5.60 Å². The number of nitrogens with one attached hydrogen (secondary N) is 1. The Kier molecular flexibility index (Phi) is 6.51. The first-order valence-corrected chi connectivity index (χ1v) is 15.0. The topological polar surface area (TPSA) is 59.9 Å². The zero-order valence-electron chi connectivity index (χ0n) is 21.7. The molecule has 3 unspecified atom stereocenters. The Hall–Kier alpha value is -1.45. The largest absolute Gasteiger partial charge is 0.590 e. The van der Waals surface area contributed by atoms with Gasteiger partial charge >= 0.3 is 12.2 Å². The summed E-state index contributed by atoms with van der Waals surface area (Å²) in [5, 5.41) is 3.28. The number of ether oxygens (including phenoxy) is 1. The SMILES string of the molecule is CC1(C)OC(NC23CC4CC(CC2C4)C3)=N[S+]([O-])[C@H]1c1ccc(C2CCN(CCC(F)(F)F)CC2)cc1. The highest BCUT2D eigenvalue weighted by Gasteiger charge is 2.59. The summed E-state index contributed by atoms with van der Waals surface area (Å²) < 4.78 is 61.9. The molecule has 5 fully saturated rings. The van der Waals surface area contributed by atoms with Crippen molar-refractivity contribution in [3.8, 4) is 0 Å². The number of hydrogen-bond acceptors (Lipinski definition) is 5. The number of rotatable bonds is 5. The summed E-state index contributed by atoms with van der Waals surface area (Å²) in [6.07, 6.45) is 3.17. The van der Waals surface area contributed by atoms with Crippen LogP contribution < -0.4 is 5.32 Å². The van der Waals surface area contributed by atoms with E-state index in [1.807, 2.05) is 30.9 Å². The van der Waals surface area contributed by atoms with E-state index in [4.69, 9.17) is 4.74 Å². The van der Waals surface area contributed by atoms with Gasteiger partial charge in [0.2, 0.25) is 5.25 Å². The van der Waals surface area contributed by atoms with Crippen molar-refractivity contribution in [3.05, 3.63) is 35.4 Å². The van der Waals surface area contributed by atoms with E-state index in [2.05, 4.69) is 21.8 Å². The average Bonchev–Trinajstić information content (AvgIpc) is 3.19. The van der Waals surface area contributed by atoms with E-state index < -0.39 is 29.6 Å². The van der Waals surface area contributed by atoms with E-state index in [0.29, 0.717) is 30.9 Å². The number of halogens is 3. The zero-order chi connectivity index (χ0) is 26.0. The molecule has 6 aliphatic rings. The van der Waals surface area contributed by atoms with E-state index in [0.717, 1.165) is 30.2 Å². The second kappa shape index (κ2) is 9.33. The molecule has 4 aliphatic carbocycles. The lowest BCUT2D eigenvalue weighted by atomic mass is 9.80. The highest BCUT2D eigenvalue weighted by atomic mass is 32.2. The maximum atomic E-state index is 13.4. The Morgan fingerprint density at radius 3 is 2.27 bits per heavy atom. The lowest BCUT2D eigenvalue weighted by Gasteiger charge is -2.40. The van der Waals surface area contributed by atoms with Crippen molar-refractivity contribution in [3.63, 3.8) is 0 Å². The molecule has 2 aliphatic heterocycles. The molecule has 37 heavy (non-hydrogen) atoms. The molecule has 0 aromatic heterocycles. The quantitative estimate of drug-likeness (QED) is 0.479. The molecule has 9 heteroatoms. The van der Waals surface area contributed by atoms with Crippen LogP contribution in [0.15, 0.2) is 28.7 Å². The molecule has 2 heterocycles. The summed E-state index contributed by atoms with van der Waals surface area (Å²) in [6.45, 7) is 5.44. The number of nitrogens with zero attached hydrogens (tertiary/aromatic N) is 2. The maximum absolute atomic E-state index is 13.4. The van der Waals surface area contributed by atoms with Gasteiger partial charge in [0.05, 0.1) is 6.42 Å². The van der Waals surface area contributed by atoms with Crippen LogP contribution in [0.3, 0.4) is 0 Å². The number of piperidine rings is 1. The molecule has 0 radical (unpaired) electrons. The first-order chi connectivity index (χ1) is 17.5. The lowest BCUT2D eigenvalue weighted by molar-refractivity contribution is -0.138. The van der Waals surface area contributed by atoms with Crippen molar-refractivity contribution >= 4 is 17.4 Å². The van der Waals surface area contributed by atoms with Gasteiger partial charge in [-0.05, 0) is 106 Å². The van der Waals surface area contributed by atoms with E-state index in [9.17, 15) is 17.7 Å². The summed E-state index contributed by atoms with van der Waals surface area (Å²) in [4.78, 5) is 1.91. The van der Waals surface area contributed by atoms with Gasteiger partial charge in [0.1, 0.15) is 11.4 Å². The van der Waals surface area contributed by atoms with Crippen molar-refractivity contribution in [2.45, 2.75) is 93.7 Å². The molecular formula is C28H38F3N3O2S. The third-order valence-corrected chi connectivity index (χ3v) is 11.3. The average molecular weight is 538 g/mol. The fourth-order valence-corrected chi connectivity index (χ4v) is 9.47. The van der Waals surface area contributed by atoms with Crippen LogP contribution in [-0.4, -0.2) is 52.4 Å². The molecule has 4 saturated carbocycles. The second-order valence-electron chi connectivity index (χ2n) is 12.7. The van der Waals surface area contributed by atoms with Gasteiger partial charge in [-0.1, -0.05) is 24.3 Å².